The molecular weight excluding hydrogens is 464 g/mol. The number of aromatic nitrogens is 3. The molecule has 1 aliphatic heterocycles. The lowest BCUT2D eigenvalue weighted by atomic mass is 10.0. The number of carbonyl (C=O) groups is 1. The minimum Gasteiger partial charge on any atom is -0.350 e. The van der Waals surface area contributed by atoms with Gasteiger partial charge >= 0.3 is 0 Å². The van der Waals surface area contributed by atoms with Crippen LogP contribution in [0.1, 0.15) is 53.9 Å². The second-order valence-corrected chi connectivity index (χ2v) is 9.69. The topological polar surface area (TPSA) is 104 Å². The SMILES string of the molecule is CC(C)NC(=O)c1cnc(Nc2ccc3c(c2)CNCC3)nc1Nc1ccc(F)c(C2(CF)CC2)n1. The minimum atomic E-state index is -0.862. The molecule has 2 aromatic heterocycles. The van der Waals surface area contributed by atoms with E-state index in [0.29, 0.717) is 12.8 Å². The number of carbonyl (C=O) groups excluding carboxylic acids is 1. The lowest BCUT2D eigenvalue weighted by molar-refractivity contribution is 0.0943. The number of halogens is 2. The molecule has 1 saturated carbocycles. The Morgan fingerprint density at radius 1 is 1.14 bits per heavy atom. The second kappa shape index (κ2) is 9.77. The maximum atomic E-state index is 14.4. The van der Waals surface area contributed by atoms with Crippen LogP contribution in [-0.4, -0.2) is 40.1 Å². The fourth-order valence-corrected chi connectivity index (χ4v) is 4.32. The number of rotatable bonds is 8. The molecule has 3 heterocycles. The first kappa shape index (κ1) is 24.1. The van der Waals surface area contributed by atoms with Crippen molar-refractivity contribution in [3.05, 3.63) is 64.7 Å². The predicted molar refractivity (Wildman–Crippen MR) is 134 cm³/mol. The number of amides is 1. The monoisotopic (exact) mass is 493 g/mol. The molecule has 0 saturated heterocycles. The highest BCUT2D eigenvalue weighted by molar-refractivity contribution is 5.99. The van der Waals surface area contributed by atoms with Crippen molar-refractivity contribution in [2.45, 2.75) is 51.1 Å². The van der Waals surface area contributed by atoms with Crippen molar-refractivity contribution in [1.82, 2.24) is 25.6 Å². The highest BCUT2D eigenvalue weighted by Crippen LogP contribution is 2.48. The number of fused-ring (bicyclic) bond motifs is 1. The molecule has 0 unspecified atom stereocenters. The average Bonchev–Trinajstić information content (AvgIpc) is 3.66. The molecule has 1 aliphatic carbocycles. The van der Waals surface area contributed by atoms with Crippen molar-refractivity contribution in [3.63, 3.8) is 0 Å². The summed E-state index contributed by atoms with van der Waals surface area (Å²) in [4.78, 5) is 26.1. The largest absolute Gasteiger partial charge is 0.350 e. The Labute approximate surface area is 208 Å². The molecule has 0 bridgehead atoms. The predicted octanol–water partition coefficient (Wildman–Crippen LogP) is 4.28. The Bertz CT molecular complexity index is 1290. The Kier molecular flexibility index (Phi) is 6.53. The summed E-state index contributed by atoms with van der Waals surface area (Å²) in [6, 6.07) is 8.72. The van der Waals surface area contributed by atoms with Crippen LogP contribution < -0.4 is 21.3 Å². The molecule has 188 valence electrons. The summed E-state index contributed by atoms with van der Waals surface area (Å²) in [6.45, 7) is 4.80. The summed E-state index contributed by atoms with van der Waals surface area (Å²) in [7, 11) is 0. The van der Waals surface area contributed by atoms with Crippen molar-refractivity contribution in [1.29, 1.82) is 0 Å². The number of nitrogens with zero attached hydrogens (tertiary/aromatic N) is 3. The van der Waals surface area contributed by atoms with Crippen LogP contribution in [0.15, 0.2) is 36.5 Å². The molecule has 1 amide bonds. The van der Waals surface area contributed by atoms with Gasteiger partial charge in [-0.3, -0.25) is 9.18 Å². The molecule has 2 aliphatic rings. The lowest BCUT2D eigenvalue weighted by Gasteiger charge is -2.18. The summed E-state index contributed by atoms with van der Waals surface area (Å²) in [5.41, 5.74) is 2.79. The van der Waals surface area contributed by atoms with Crippen LogP contribution in [0.25, 0.3) is 0 Å². The number of pyridine rings is 1. The second-order valence-electron chi connectivity index (χ2n) is 9.69. The van der Waals surface area contributed by atoms with Crippen molar-refractivity contribution in [2.24, 2.45) is 0 Å². The van der Waals surface area contributed by atoms with Crippen LogP contribution in [0.5, 0.6) is 0 Å². The number of nitrogens with one attached hydrogen (secondary N) is 4. The molecule has 10 heteroatoms. The Hall–Kier alpha value is -3.66. The van der Waals surface area contributed by atoms with Gasteiger partial charge in [-0.2, -0.15) is 4.98 Å². The van der Waals surface area contributed by atoms with Crippen LogP contribution >= 0.6 is 0 Å². The van der Waals surface area contributed by atoms with Crippen LogP contribution in [0, 0.1) is 5.82 Å². The van der Waals surface area contributed by atoms with E-state index in [9.17, 15) is 13.6 Å². The first-order valence-corrected chi connectivity index (χ1v) is 12.1. The molecule has 3 aromatic rings. The van der Waals surface area contributed by atoms with Crippen molar-refractivity contribution >= 4 is 29.2 Å². The van der Waals surface area contributed by atoms with E-state index in [0.717, 1.165) is 25.2 Å². The van der Waals surface area contributed by atoms with Crippen molar-refractivity contribution in [3.8, 4) is 0 Å². The summed E-state index contributed by atoms with van der Waals surface area (Å²) < 4.78 is 28.0. The minimum absolute atomic E-state index is 0.0953. The van der Waals surface area contributed by atoms with Gasteiger partial charge in [0.05, 0.1) is 5.69 Å². The molecule has 0 radical (unpaired) electrons. The van der Waals surface area contributed by atoms with E-state index in [1.54, 1.807) is 0 Å². The van der Waals surface area contributed by atoms with Gasteiger partial charge in [-0.1, -0.05) is 6.07 Å². The molecule has 0 spiro atoms. The molecule has 36 heavy (non-hydrogen) atoms. The van der Waals surface area contributed by atoms with E-state index in [1.165, 1.54) is 29.5 Å². The first-order chi connectivity index (χ1) is 17.4. The molecule has 8 nitrogen and oxygen atoms in total. The van der Waals surface area contributed by atoms with Crippen LogP contribution in [0.4, 0.5) is 32.1 Å². The molecule has 1 fully saturated rings. The Balaban J connectivity index is 1.46. The van der Waals surface area contributed by atoms with Gasteiger partial charge in [0.2, 0.25) is 5.95 Å². The molecule has 1 aromatic carbocycles. The van der Waals surface area contributed by atoms with Gasteiger partial charge in [-0.25, -0.2) is 14.4 Å². The van der Waals surface area contributed by atoms with E-state index < -0.39 is 17.9 Å². The molecule has 5 rings (SSSR count). The van der Waals surface area contributed by atoms with Gasteiger partial charge in [0.15, 0.2) is 0 Å². The summed E-state index contributed by atoms with van der Waals surface area (Å²) in [5.74, 6) is -0.134. The number of benzene rings is 1. The fraction of sp³-hybridized carbons (Fsp3) is 0.385. The van der Waals surface area contributed by atoms with E-state index in [2.05, 4.69) is 48.4 Å². The lowest BCUT2D eigenvalue weighted by Crippen LogP contribution is -2.31. The highest BCUT2D eigenvalue weighted by atomic mass is 19.1. The van der Waals surface area contributed by atoms with E-state index in [-0.39, 0.29) is 40.8 Å². The van der Waals surface area contributed by atoms with E-state index in [4.69, 9.17) is 0 Å². The summed E-state index contributed by atoms with van der Waals surface area (Å²) in [5, 5.41) is 12.4. The normalized spacial score (nSPS) is 15.8. The van der Waals surface area contributed by atoms with Gasteiger partial charge < -0.3 is 21.3 Å². The number of anilines is 4. The average molecular weight is 494 g/mol. The maximum Gasteiger partial charge on any atom is 0.256 e. The summed E-state index contributed by atoms with van der Waals surface area (Å²) in [6.07, 6.45) is 3.52. The number of hydrogen-bond acceptors (Lipinski definition) is 7. The Morgan fingerprint density at radius 3 is 2.72 bits per heavy atom. The van der Waals surface area contributed by atoms with Gasteiger partial charge in [-0.05, 0) is 75.0 Å². The zero-order valence-electron chi connectivity index (χ0n) is 20.3. The van der Waals surface area contributed by atoms with Crippen LogP contribution in [0.2, 0.25) is 0 Å². The molecule has 0 atom stereocenters. The zero-order valence-corrected chi connectivity index (χ0v) is 20.3. The van der Waals surface area contributed by atoms with Crippen molar-refractivity contribution < 1.29 is 13.6 Å². The zero-order chi connectivity index (χ0) is 25.3. The van der Waals surface area contributed by atoms with E-state index in [1.807, 2.05) is 19.9 Å². The fourth-order valence-electron chi connectivity index (χ4n) is 4.32. The van der Waals surface area contributed by atoms with Gasteiger partial charge in [0.1, 0.15) is 29.7 Å². The molecular formula is C26H29F2N7O. The van der Waals surface area contributed by atoms with Gasteiger partial charge in [0.25, 0.3) is 5.91 Å². The first-order valence-electron chi connectivity index (χ1n) is 12.1. The number of hydrogen-bond donors (Lipinski definition) is 4. The molecule has 4 N–H and O–H groups in total. The quantitative estimate of drug-likeness (QED) is 0.371. The Morgan fingerprint density at radius 2 is 1.97 bits per heavy atom. The third kappa shape index (κ3) is 4.99. The third-order valence-corrected chi connectivity index (χ3v) is 6.51. The van der Waals surface area contributed by atoms with Crippen LogP contribution in [-0.2, 0) is 18.4 Å². The van der Waals surface area contributed by atoms with E-state index >= 15 is 0 Å². The highest BCUT2D eigenvalue weighted by Gasteiger charge is 2.48. The van der Waals surface area contributed by atoms with Gasteiger partial charge in [-0.15, -0.1) is 0 Å². The smallest absolute Gasteiger partial charge is 0.256 e. The van der Waals surface area contributed by atoms with Gasteiger partial charge in [0, 0.05) is 29.9 Å². The maximum absolute atomic E-state index is 14.4. The number of alkyl halides is 1. The van der Waals surface area contributed by atoms with Crippen LogP contribution in [0.3, 0.4) is 0 Å². The summed E-state index contributed by atoms with van der Waals surface area (Å²) >= 11 is 0. The standard InChI is InChI=1S/C26H29F2N7O/c1-15(2)31-24(36)19-13-30-25(32-18-4-3-16-7-10-29-12-17(16)11-18)35-23(19)34-21-6-5-20(28)22(33-21)26(14-27)8-9-26/h3-6,11,13,15,29H,7-10,12,14H2,1-2H3,(H,31,36)(H2,30,32,33,34,35). The third-order valence-electron chi connectivity index (χ3n) is 6.51. The van der Waals surface area contributed by atoms with Crippen molar-refractivity contribution in [2.75, 3.05) is 23.9 Å².